The van der Waals surface area contributed by atoms with Crippen LogP contribution in [0.2, 0.25) is 0 Å². The summed E-state index contributed by atoms with van der Waals surface area (Å²) in [6, 6.07) is 51.9. The largest absolute Gasteiger partial charge is 0.327 e. The van der Waals surface area contributed by atoms with Crippen molar-refractivity contribution in [2.75, 3.05) is 0 Å². The van der Waals surface area contributed by atoms with Crippen LogP contribution >= 0.6 is 0 Å². The summed E-state index contributed by atoms with van der Waals surface area (Å²) in [6.07, 6.45) is 1.85. The van der Waals surface area contributed by atoms with Crippen LogP contribution in [0.3, 0.4) is 0 Å². The van der Waals surface area contributed by atoms with E-state index in [1.54, 1.807) is 0 Å². The number of rotatable bonds is 4. The Balaban J connectivity index is 1.33. The van der Waals surface area contributed by atoms with E-state index in [-0.39, 0.29) is 0 Å². The molecule has 0 aliphatic carbocycles. The predicted octanol–water partition coefficient (Wildman–Crippen LogP) is 10.2. The van der Waals surface area contributed by atoms with Gasteiger partial charge in [0.1, 0.15) is 5.82 Å². The molecular weight excluding hydrogens is 548 g/mol. The highest BCUT2D eigenvalue weighted by atomic mass is 15.1. The first-order chi connectivity index (χ1) is 22.2. The maximum atomic E-state index is 5.03. The lowest BCUT2D eigenvalue weighted by atomic mass is 9.97. The first kappa shape index (κ1) is 25.5. The number of nitrogens with zero attached hydrogens (tertiary/aromatic N) is 4. The molecule has 3 aromatic heterocycles. The molecular formula is C41H28N4. The van der Waals surface area contributed by atoms with Crippen molar-refractivity contribution in [3.63, 3.8) is 0 Å². The third-order valence-electron chi connectivity index (χ3n) is 8.98. The molecule has 0 aliphatic rings. The minimum absolute atomic E-state index is 0.952. The molecule has 45 heavy (non-hydrogen) atoms. The van der Waals surface area contributed by atoms with Crippen molar-refractivity contribution in [2.24, 2.45) is 7.05 Å². The molecule has 0 amide bonds. The molecule has 4 heteroatoms. The van der Waals surface area contributed by atoms with Gasteiger partial charge < -0.3 is 9.13 Å². The van der Waals surface area contributed by atoms with Crippen molar-refractivity contribution in [2.45, 2.75) is 0 Å². The molecule has 9 aromatic rings. The number of hydrogen-bond acceptors (Lipinski definition) is 2. The molecule has 0 saturated carbocycles. The smallest absolute Gasteiger partial charge is 0.140 e. The average Bonchev–Trinajstić information content (AvgIpc) is 3.62. The molecule has 0 atom stereocenters. The Morgan fingerprint density at radius 1 is 0.511 bits per heavy atom. The second-order valence-electron chi connectivity index (χ2n) is 11.6. The summed E-state index contributed by atoms with van der Waals surface area (Å²) in [5.41, 5.74) is 11.1. The van der Waals surface area contributed by atoms with Gasteiger partial charge in [-0.15, -0.1) is 0 Å². The second-order valence-corrected chi connectivity index (χ2v) is 11.6. The monoisotopic (exact) mass is 576 g/mol. The SMILES string of the molecule is Cn1c(-c2ccc3c4ccc(-c5cccc6ccccc56)cc4n(-c4cccc(-c5ccccn5)c4)c3c2)nc2ccccc21. The Bertz CT molecular complexity index is 2550. The van der Waals surface area contributed by atoms with E-state index in [1.165, 1.54) is 32.7 Å². The molecule has 0 spiro atoms. The molecule has 0 bridgehead atoms. The Kier molecular flexibility index (Phi) is 5.69. The van der Waals surface area contributed by atoms with E-state index in [2.05, 4.69) is 149 Å². The Morgan fingerprint density at radius 3 is 2.09 bits per heavy atom. The number of hydrogen-bond donors (Lipinski definition) is 0. The molecule has 0 N–H and O–H groups in total. The fraction of sp³-hybridized carbons (Fsp3) is 0.0244. The zero-order valence-corrected chi connectivity index (χ0v) is 24.7. The van der Waals surface area contributed by atoms with Gasteiger partial charge in [-0.1, -0.05) is 97.1 Å². The van der Waals surface area contributed by atoms with Crippen molar-refractivity contribution in [3.8, 4) is 39.5 Å². The summed E-state index contributed by atoms with van der Waals surface area (Å²) in [5, 5.41) is 4.92. The molecule has 6 aromatic carbocycles. The predicted molar refractivity (Wildman–Crippen MR) is 187 cm³/mol. The summed E-state index contributed by atoms with van der Waals surface area (Å²) in [6.45, 7) is 0. The number of fused-ring (bicyclic) bond motifs is 5. The highest BCUT2D eigenvalue weighted by Gasteiger charge is 2.18. The number of para-hydroxylation sites is 2. The van der Waals surface area contributed by atoms with Gasteiger partial charge in [0.05, 0.1) is 27.8 Å². The normalized spacial score (nSPS) is 11.7. The lowest BCUT2D eigenvalue weighted by Crippen LogP contribution is -1.96. The van der Waals surface area contributed by atoms with Crippen molar-refractivity contribution >= 4 is 43.6 Å². The summed E-state index contributed by atoms with van der Waals surface area (Å²) >= 11 is 0. The minimum Gasteiger partial charge on any atom is -0.327 e. The van der Waals surface area contributed by atoms with Crippen molar-refractivity contribution in [3.05, 3.63) is 152 Å². The zero-order valence-electron chi connectivity index (χ0n) is 24.7. The molecule has 212 valence electrons. The van der Waals surface area contributed by atoms with E-state index in [4.69, 9.17) is 4.98 Å². The van der Waals surface area contributed by atoms with E-state index in [9.17, 15) is 0 Å². The topological polar surface area (TPSA) is 35.6 Å². The first-order valence-electron chi connectivity index (χ1n) is 15.2. The summed E-state index contributed by atoms with van der Waals surface area (Å²) in [4.78, 5) is 9.67. The third-order valence-corrected chi connectivity index (χ3v) is 8.98. The van der Waals surface area contributed by atoms with Crippen LogP contribution in [0.5, 0.6) is 0 Å². The molecule has 3 heterocycles. The van der Waals surface area contributed by atoms with Crippen molar-refractivity contribution < 1.29 is 0 Å². The van der Waals surface area contributed by atoms with Crippen molar-refractivity contribution in [1.29, 1.82) is 0 Å². The van der Waals surface area contributed by atoms with E-state index in [0.29, 0.717) is 0 Å². The quantitative estimate of drug-likeness (QED) is 0.209. The van der Waals surface area contributed by atoms with Gasteiger partial charge in [0, 0.05) is 40.8 Å². The van der Waals surface area contributed by atoms with E-state index >= 15 is 0 Å². The maximum absolute atomic E-state index is 5.03. The number of benzene rings is 6. The van der Waals surface area contributed by atoms with Crippen LogP contribution in [0, 0.1) is 0 Å². The zero-order chi connectivity index (χ0) is 29.9. The number of aromatic nitrogens is 4. The fourth-order valence-electron chi connectivity index (χ4n) is 6.82. The summed E-state index contributed by atoms with van der Waals surface area (Å²) in [5.74, 6) is 0.952. The molecule has 0 radical (unpaired) electrons. The van der Waals surface area contributed by atoms with Gasteiger partial charge in [-0.25, -0.2) is 4.98 Å². The summed E-state index contributed by atoms with van der Waals surface area (Å²) in [7, 11) is 2.09. The van der Waals surface area contributed by atoms with Crippen LogP contribution in [0.4, 0.5) is 0 Å². The first-order valence-corrected chi connectivity index (χ1v) is 15.2. The van der Waals surface area contributed by atoms with Crippen LogP contribution in [-0.4, -0.2) is 19.1 Å². The standard InChI is InChI=1S/C41H28N4/c1-44-38-18-5-4-17-37(38)43-41(44)30-20-22-35-34-21-19-28(33-15-9-11-27-10-2-3-14-32(27)33)25-39(34)45(40(35)26-30)31-13-8-12-29(24-31)36-16-6-7-23-42-36/h2-26H,1H3. The van der Waals surface area contributed by atoms with Gasteiger partial charge in [0.15, 0.2) is 0 Å². The Labute approximate surface area is 260 Å². The van der Waals surface area contributed by atoms with Crippen LogP contribution in [0.15, 0.2) is 152 Å². The van der Waals surface area contributed by atoms with E-state index < -0.39 is 0 Å². The van der Waals surface area contributed by atoms with E-state index in [0.717, 1.165) is 50.4 Å². The van der Waals surface area contributed by atoms with Gasteiger partial charge in [0.2, 0.25) is 0 Å². The van der Waals surface area contributed by atoms with Crippen LogP contribution in [0.25, 0.3) is 83.1 Å². The molecule has 9 rings (SSSR count). The fourth-order valence-corrected chi connectivity index (χ4v) is 6.82. The van der Waals surface area contributed by atoms with Crippen LogP contribution in [0.1, 0.15) is 0 Å². The third kappa shape index (κ3) is 4.07. The van der Waals surface area contributed by atoms with Gasteiger partial charge in [-0.3, -0.25) is 4.98 Å². The molecule has 0 saturated heterocycles. The van der Waals surface area contributed by atoms with Crippen LogP contribution < -0.4 is 0 Å². The highest BCUT2D eigenvalue weighted by Crippen LogP contribution is 2.39. The van der Waals surface area contributed by atoms with Gasteiger partial charge in [-0.2, -0.15) is 0 Å². The van der Waals surface area contributed by atoms with Gasteiger partial charge in [-0.05, 0) is 70.4 Å². The number of pyridine rings is 1. The van der Waals surface area contributed by atoms with Crippen LogP contribution in [-0.2, 0) is 7.05 Å². The second kappa shape index (κ2) is 10.0. The number of aryl methyl sites for hydroxylation is 1. The lowest BCUT2D eigenvalue weighted by Gasteiger charge is -2.12. The molecule has 0 unspecified atom stereocenters. The van der Waals surface area contributed by atoms with Gasteiger partial charge in [0.25, 0.3) is 0 Å². The molecule has 4 nitrogen and oxygen atoms in total. The Hall–Kier alpha value is -6.00. The average molecular weight is 577 g/mol. The maximum Gasteiger partial charge on any atom is 0.140 e. The van der Waals surface area contributed by atoms with Gasteiger partial charge >= 0.3 is 0 Å². The lowest BCUT2D eigenvalue weighted by molar-refractivity contribution is 0.959. The Morgan fingerprint density at radius 2 is 1.24 bits per heavy atom. The minimum atomic E-state index is 0.952. The highest BCUT2D eigenvalue weighted by molar-refractivity contribution is 6.12. The molecule has 0 aliphatic heterocycles. The number of imidazole rings is 1. The summed E-state index contributed by atoms with van der Waals surface area (Å²) < 4.78 is 4.59. The van der Waals surface area contributed by atoms with E-state index in [1.807, 2.05) is 24.4 Å². The molecule has 0 fully saturated rings. The van der Waals surface area contributed by atoms with Crippen molar-refractivity contribution in [1.82, 2.24) is 19.1 Å².